The van der Waals surface area contributed by atoms with Gasteiger partial charge in [0, 0.05) is 6.61 Å². The second kappa shape index (κ2) is 36.2. The first-order valence-electron chi connectivity index (χ1n) is 20.1. The van der Waals surface area contributed by atoms with E-state index in [1.54, 1.807) is 0 Å². The van der Waals surface area contributed by atoms with E-state index in [1.165, 1.54) is 167 Å². The van der Waals surface area contributed by atoms with E-state index in [0.29, 0.717) is 0 Å². The molecule has 0 amide bonds. The van der Waals surface area contributed by atoms with E-state index < -0.39 is 5.85 Å². The van der Waals surface area contributed by atoms with Crippen molar-refractivity contribution in [3.8, 4) is 0 Å². The van der Waals surface area contributed by atoms with Gasteiger partial charge in [-0.3, -0.25) is 10.6 Å². The minimum absolute atomic E-state index is 0.0512. The summed E-state index contributed by atoms with van der Waals surface area (Å²) in [6.45, 7) is 8.25. The number of unbranched alkanes of at least 4 members (excludes halogenated alkanes) is 24. The van der Waals surface area contributed by atoms with E-state index in [1.807, 2.05) is 14.1 Å². The first-order chi connectivity index (χ1) is 22.2. The van der Waals surface area contributed by atoms with Crippen LogP contribution in [0.3, 0.4) is 0 Å². The number of nitrogens with one attached hydrogen (secondary N) is 2. The van der Waals surface area contributed by atoms with Gasteiger partial charge in [-0.05, 0) is 85.2 Å². The Labute approximate surface area is 283 Å². The molecule has 2 N–H and O–H groups in total. The number of allylic oxidation sites excluding steroid dienone is 4. The molecule has 0 heterocycles. The summed E-state index contributed by atoms with van der Waals surface area (Å²) in [6, 6.07) is 0. The van der Waals surface area contributed by atoms with Crippen LogP contribution in [0.15, 0.2) is 24.3 Å². The maximum Gasteiger partial charge on any atom is 0.201 e. The van der Waals surface area contributed by atoms with Crippen molar-refractivity contribution in [2.24, 2.45) is 0 Å². The highest BCUT2D eigenvalue weighted by Crippen LogP contribution is 2.16. The molecule has 0 aliphatic heterocycles. The Morgan fingerprint density at radius 3 is 1.11 bits per heavy atom. The van der Waals surface area contributed by atoms with E-state index in [2.05, 4.69) is 55.7 Å². The molecule has 0 fully saturated rings. The summed E-state index contributed by atoms with van der Waals surface area (Å²) in [6.07, 6.45) is 46.8. The Morgan fingerprint density at radius 1 is 0.444 bits per heavy atom. The Kier molecular flexibility index (Phi) is 35.6. The zero-order valence-corrected chi connectivity index (χ0v) is 31.4. The van der Waals surface area contributed by atoms with Gasteiger partial charge in [0.25, 0.3) is 0 Å². The fraction of sp³-hybridized carbons (Fsp3) is 0.902. The van der Waals surface area contributed by atoms with Crippen LogP contribution in [0.25, 0.3) is 0 Å². The lowest BCUT2D eigenvalue weighted by Crippen LogP contribution is -2.64. The van der Waals surface area contributed by atoms with Crippen molar-refractivity contribution >= 4 is 0 Å². The number of rotatable bonds is 37. The first-order valence-corrected chi connectivity index (χ1v) is 20.1. The highest BCUT2D eigenvalue weighted by molar-refractivity contribution is 4.82. The molecular weight excluding hydrogens is 552 g/mol. The van der Waals surface area contributed by atoms with E-state index in [9.17, 15) is 0 Å². The summed E-state index contributed by atoms with van der Waals surface area (Å²) in [7, 11) is 3.92. The quantitative estimate of drug-likeness (QED) is 0.0405. The smallest absolute Gasteiger partial charge is 0.201 e. The molecule has 0 bridgehead atoms. The molecule has 1 atom stereocenters. The van der Waals surface area contributed by atoms with Crippen LogP contribution < -0.4 is 10.6 Å². The molecule has 0 aromatic carbocycles. The molecule has 0 aliphatic carbocycles. The summed E-state index contributed by atoms with van der Waals surface area (Å²) >= 11 is 0. The van der Waals surface area contributed by atoms with Crippen LogP contribution in [0.4, 0.5) is 0 Å². The summed E-state index contributed by atoms with van der Waals surface area (Å²) < 4.78 is 12.6. The van der Waals surface area contributed by atoms with Crippen molar-refractivity contribution < 1.29 is 9.47 Å². The lowest BCUT2D eigenvalue weighted by molar-refractivity contribution is -0.172. The predicted octanol–water partition coefficient (Wildman–Crippen LogP) is 12.6. The first kappa shape index (κ1) is 44.3. The molecule has 4 heteroatoms. The Balaban J connectivity index is 3.69. The van der Waals surface area contributed by atoms with E-state index in [0.717, 1.165) is 26.1 Å². The van der Waals surface area contributed by atoms with Crippen LogP contribution >= 0.6 is 0 Å². The van der Waals surface area contributed by atoms with Gasteiger partial charge in [-0.15, -0.1) is 0 Å². The lowest BCUT2D eigenvalue weighted by atomic mass is 10.1. The fourth-order valence-corrected chi connectivity index (χ4v) is 6.10. The van der Waals surface area contributed by atoms with Crippen LogP contribution in [0.5, 0.6) is 0 Å². The van der Waals surface area contributed by atoms with Crippen LogP contribution in [0, 0.1) is 0 Å². The topological polar surface area (TPSA) is 42.5 Å². The third-order valence-electron chi connectivity index (χ3n) is 9.33. The largest absolute Gasteiger partial charge is 0.373 e. The van der Waals surface area contributed by atoms with Gasteiger partial charge in [0.05, 0.1) is 6.61 Å². The van der Waals surface area contributed by atoms with Crippen molar-refractivity contribution in [3.05, 3.63) is 24.3 Å². The van der Waals surface area contributed by atoms with E-state index in [-0.39, 0.29) is 6.10 Å². The maximum absolute atomic E-state index is 6.33. The molecular formula is C41H82N2O2. The minimum atomic E-state index is -0.621. The molecule has 0 aliphatic rings. The van der Waals surface area contributed by atoms with Crippen LogP contribution in [-0.4, -0.2) is 39.3 Å². The molecule has 0 saturated heterocycles. The average molecular weight is 635 g/mol. The maximum atomic E-state index is 6.33. The molecule has 45 heavy (non-hydrogen) atoms. The van der Waals surface area contributed by atoms with Crippen molar-refractivity contribution in [1.29, 1.82) is 0 Å². The molecule has 0 aromatic heterocycles. The Hall–Kier alpha value is -0.680. The summed E-state index contributed by atoms with van der Waals surface area (Å²) in [5.41, 5.74) is 0. The van der Waals surface area contributed by atoms with Crippen LogP contribution in [-0.2, 0) is 9.47 Å². The van der Waals surface area contributed by atoms with Crippen LogP contribution in [0.1, 0.15) is 201 Å². The van der Waals surface area contributed by atoms with E-state index in [4.69, 9.17) is 9.47 Å². The predicted molar refractivity (Wildman–Crippen MR) is 201 cm³/mol. The lowest BCUT2D eigenvalue weighted by Gasteiger charge is -2.38. The van der Waals surface area contributed by atoms with Crippen molar-refractivity contribution in [2.75, 3.05) is 27.3 Å². The Morgan fingerprint density at radius 2 is 0.756 bits per heavy atom. The molecule has 0 radical (unpaired) electrons. The molecule has 0 rings (SSSR count). The van der Waals surface area contributed by atoms with Gasteiger partial charge in [-0.1, -0.05) is 154 Å². The monoisotopic (exact) mass is 635 g/mol. The van der Waals surface area contributed by atoms with Gasteiger partial charge in [-0.25, -0.2) is 0 Å². The summed E-state index contributed by atoms with van der Waals surface area (Å²) in [5.74, 6) is -0.621. The highest BCUT2D eigenvalue weighted by Gasteiger charge is 2.34. The molecule has 1 unspecified atom stereocenters. The molecule has 268 valence electrons. The summed E-state index contributed by atoms with van der Waals surface area (Å²) in [5, 5.41) is 6.71. The van der Waals surface area contributed by atoms with Gasteiger partial charge in [0.1, 0.15) is 6.10 Å². The van der Waals surface area contributed by atoms with Gasteiger partial charge < -0.3 is 9.47 Å². The second-order valence-electron chi connectivity index (χ2n) is 13.5. The molecule has 0 spiro atoms. The number of ether oxygens (including phenoxy) is 2. The van der Waals surface area contributed by atoms with Crippen molar-refractivity contribution in [3.63, 3.8) is 0 Å². The highest BCUT2D eigenvalue weighted by atomic mass is 16.6. The van der Waals surface area contributed by atoms with Gasteiger partial charge in [0.15, 0.2) is 0 Å². The van der Waals surface area contributed by atoms with Crippen molar-refractivity contribution in [2.45, 2.75) is 213 Å². The number of hydrogen-bond donors (Lipinski definition) is 2. The molecule has 0 aromatic rings. The van der Waals surface area contributed by atoms with Gasteiger partial charge in [-0.2, -0.15) is 0 Å². The van der Waals surface area contributed by atoms with Gasteiger partial charge in [0.2, 0.25) is 5.85 Å². The normalized spacial score (nSPS) is 13.1. The second-order valence-corrected chi connectivity index (χ2v) is 13.5. The third kappa shape index (κ3) is 29.2. The fourth-order valence-electron chi connectivity index (χ4n) is 6.10. The van der Waals surface area contributed by atoms with Crippen molar-refractivity contribution in [1.82, 2.24) is 10.6 Å². The van der Waals surface area contributed by atoms with E-state index >= 15 is 0 Å². The zero-order chi connectivity index (χ0) is 32.9. The van der Waals surface area contributed by atoms with Crippen LogP contribution in [0.2, 0.25) is 0 Å². The molecule has 4 nitrogen and oxygen atoms in total. The third-order valence-corrected chi connectivity index (χ3v) is 9.33. The number of likely N-dealkylation sites (N-methyl/N-ethyl adjacent to an activating group) is 2. The SMILES string of the molecule is CCCCCCCC/C=C\CCCCCCCCOC(C)C(NC)(NC)OCCCCCCCC/C=C\CCCCCCCC. The zero-order valence-electron chi connectivity index (χ0n) is 31.4. The minimum Gasteiger partial charge on any atom is -0.373 e. The standard InChI is InChI=1S/C41H82N2O2/c1-6-8-10-12-14-16-18-20-22-24-26-28-30-32-34-36-38-44-40(3)41(42-4,43-5)45-39-37-35-33-31-29-27-25-23-21-19-17-15-13-11-9-7-2/h20-23,40,42-43H,6-19,24-39H2,1-5H3/b22-20-,23-21-. The average Bonchev–Trinajstić information content (AvgIpc) is 3.05. The number of hydrogen-bond acceptors (Lipinski definition) is 4. The summed E-state index contributed by atoms with van der Waals surface area (Å²) in [4.78, 5) is 0. The Bertz CT molecular complexity index is 617. The van der Waals surface area contributed by atoms with Gasteiger partial charge >= 0.3 is 0 Å². The molecule has 0 saturated carbocycles.